The number of hydrogen-bond donors (Lipinski definition) is 1. The van der Waals surface area contributed by atoms with Gasteiger partial charge in [0.2, 0.25) is 10.0 Å². The van der Waals surface area contributed by atoms with Gasteiger partial charge >= 0.3 is 6.61 Å². The fourth-order valence-corrected chi connectivity index (χ4v) is 3.68. The Bertz CT molecular complexity index is 616. The fourth-order valence-electron chi connectivity index (χ4n) is 2.16. The number of nitrogens with zero attached hydrogens (tertiary/aromatic N) is 1. The number of sulfonamides is 1. The SMILES string of the molecule is CNC1CCN(S(=O)(=O)c2ccc(OC(F)F)c(F)c2)C1.Cl. The fraction of sp³-hybridized carbons (Fsp3) is 0.500. The van der Waals surface area contributed by atoms with Crippen LogP contribution in [0, 0.1) is 5.82 Å². The molecular formula is C12H16ClF3N2O3S. The van der Waals surface area contributed by atoms with Gasteiger partial charge < -0.3 is 10.1 Å². The highest BCUT2D eigenvalue weighted by Gasteiger charge is 2.32. The van der Waals surface area contributed by atoms with Gasteiger partial charge in [0.25, 0.3) is 0 Å². The second-order valence-corrected chi connectivity index (χ2v) is 6.55. The third-order valence-electron chi connectivity index (χ3n) is 3.32. The monoisotopic (exact) mass is 360 g/mol. The molecule has 0 aliphatic carbocycles. The smallest absolute Gasteiger partial charge is 0.387 e. The topological polar surface area (TPSA) is 58.6 Å². The Hall–Kier alpha value is -1.03. The van der Waals surface area contributed by atoms with E-state index in [1.54, 1.807) is 7.05 Å². The number of ether oxygens (including phenoxy) is 1. The highest BCUT2D eigenvalue weighted by Crippen LogP contribution is 2.26. The van der Waals surface area contributed by atoms with Gasteiger partial charge in [-0.3, -0.25) is 0 Å². The van der Waals surface area contributed by atoms with Crippen molar-refractivity contribution in [3.05, 3.63) is 24.0 Å². The van der Waals surface area contributed by atoms with E-state index in [1.807, 2.05) is 0 Å². The number of hydrogen-bond acceptors (Lipinski definition) is 4. The van der Waals surface area contributed by atoms with E-state index < -0.39 is 28.2 Å². The summed E-state index contributed by atoms with van der Waals surface area (Å²) in [5.41, 5.74) is 0. The van der Waals surface area contributed by atoms with Gasteiger partial charge in [-0.05, 0) is 31.7 Å². The molecule has 0 spiro atoms. The summed E-state index contributed by atoms with van der Waals surface area (Å²) in [6, 6.07) is 2.69. The summed E-state index contributed by atoms with van der Waals surface area (Å²) in [4.78, 5) is -0.279. The zero-order chi connectivity index (χ0) is 15.6. The van der Waals surface area contributed by atoms with Crippen LogP contribution in [0.4, 0.5) is 13.2 Å². The lowest BCUT2D eigenvalue weighted by atomic mass is 10.3. The summed E-state index contributed by atoms with van der Waals surface area (Å²) in [6.45, 7) is -2.56. The Morgan fingerprint density at radius 3 is 2.59 bits per heavy atom. The van der Waals surface area contributed by atoms with Crippen LogP contribution in [0.25, 0.3) is 0 Å². The second-order valence-electron chi connectivity index (χ2n) is 4.61. The molecule has 5 nitrogen and oxygen atoms in total. The molecule has 0 saturated carbocycles. The van der Waals surface area contributed by atoms with Crippen molar-refractivity contribution in [3.63, 3.8) is 0 Å². The molecule has 10 heteroatoms. The van der Waals surface area contributed by atoms with Gasteiger partial charge in [0.05, 0.1) is 4.90 Å². The lowest BCUT2D eigenvalue weighted by Crippen LogP contribution is -2.33. The Morgan fingerprint density at radius 2 is 2.09 bits per heavy atom. The number of benzene rings is 1. The van der Waals surface area contributed by atoms with Crippen LogP contribution in [0.1, 0.15) is 6.42 Å². The van der Waals surface area contributed by atoms with E-state index in [-0.39, 0.29) is 29.9 Å². The molecule has 0 aromatic heterocycles. The van der Waals surface area contributed by atoms with Crippen LogP contribution in [0.3, 0.4) is 0 Å². The molecule has 1 fully saturated rings. The summed E-state index contributed by atoms with van der Waals surface area (Å²) in [7, 11) is -2.11. The third-order valence-corrected chi connectivity index (χ3v) is 5.18. The van der Waals surface area contributed by atoms with Gasteiger partial charge in [0.1, 0.15) is 0 Å². The summed E-state index contributed by atoms with van der Waals surface area (Å²) < 4.78 is 67.5. The Balaban J connectivity index is 0.00000242. The largest absolute Gasteiger partial charge is 0.432 e. The van der Waals surface area contributed by atoms with Gasteiger partial charge in [-0.15, -0.1) is 12.4 Å². The first-order valence-electron chi connectivity index (χ1n) is 6.26. The molecule has 126 valence electrons. The first kappa shape index (κ1) is 19.0. The van der Waals surface area contributed by atoms with Gasteiger partial charge in [-0.1, -0.05) is 0 Å². The quantitative estimate of drug-likeness (QED) is 0.870. The molecule has 22 heavy (non-hydrogen) atoms. The van der Waals surface area contributed by atoms with Crippen molar-refractivity contribution in [1.29, 1.82) is 0 Å². The molecule has 1 unspecified atom stereocenters. The average molecular weight is 361 g/mol. The maximum atomic E-state index is 13.6. The van der Waals surface area contributed by atoms with Crippen LogP contribution in [0.2, 0.25) is 0 Å². The molecule has 0 amide bonds. The summed E-state index contributed by atoms with van der Waals surface area (Å²) in [5.74, 6) is -1.82. The van der Waals surface area contributed by atoms with Crippen LogP contribution < -0.4 is 10.1 Å². The Morgan fingerprint density at radius 1 is 1.41 bits per heavy atom. The maximum absolute atomic E-state index is 13.6. The molecule has 1 saturated heterocycles. The minimum atomic E-state index is -3.84. The second kappa shape index (κ2) is 7.49. The van der Waals surface area contributed by atoms with E-state index in [4.69, 9.17) is 0 Å². The highest BCUT2D eigenvalue weighted by atomic mass is 35.5. The molecule has 1 N–H and O–H groups in total. The van der Waals surface area contributed by atoms with E-state index >= 15 is 0 Å². The Labute approximate surface area is 132 Å². The van der Waals surface area contributed by atoms with Crippen LogP contribution in [0.5, 0.6) is 5.75 Å². The minimum absolute atomic E-state index is 0. The van der Waals surface area contributed by atoms with E-state index in [9.17, 15) is 21.6 Å². The van der Waals surface area contributed by atoms with Crippen LogP contribution >= 0.6 is 12.4 Å². The van der Waals surface area contributed by atoms with Crippen LogP contribution in [0.15, 0.2) is 23.1 Å². The van der Waals surface area contributed by atoms with E-state index in [0.29, 0.717) is 19.0 Å². The van der Waals surface area contributed by atoms with E-state index in [2.05, 4.69) is 10.1 Å². The molecule has 1 aliphatic heterocycles. The van der Waals surface area contributed by atoms with Gasteiger partial charge in [0.15, 0.2) is 11.6 Å². The van der Waals surface area contributed by atoms with Crippen molar-refractivity contribution >= 4 is 22.4 Å². The number of rotatable bonds is 5. The van der Waals surface area contributed by atoms with Crippen LogP contribution in [-0.2, 0) is 10.0 Å². The zero-order valence-corrected chi connectivity index (χ0v) is 13.3. The molecule has 1 aliphatic rings. The van der Waals surface area contributed by atoms with Crippen LogP contribution in [-0.4, -0.2) is 45.5 Å². The first-order valence-corrected chi connectivity index (χ1v) is 7.70. The van der Waals surface area contributed by atoms with E-state index in [1.165, 1.54) is 4.31 Å². The number of likely N-dealkylation sites (N-methyl/N-ethyl adjacent to an activating group) is 1. The zero-order valence-electron chi connectivity index (χ0n) is 11.6. The van der Waals surface area contributed by atoms with Crippen molar-refractivity contribution in [1.82, 2.24) is 9.62 Å². The average Bonchev–Trinajstić information content (AvgIpc) is 2.90. The molecule has 0 bridgehead atoms. The normalized spacial score (nSPS) is 19.2. The van der Waals surface area contributed by atoms with Crippen molar-refractivity contribution < 1.29 is 26.3 Å². The van der Waals surface area contributed by atoms with E-state index in [0.717, 1.165) is 12.1 Å². The predicted octanol–water partition coefficient (Wildman–Crippen LogP) is 1.83. The molecule has 0 radical (unpaired) electrons. The van der Waals surface area contributed by atoms with Crippen molar-refractivity contribution in [2.45, 2.75) is 24.0 Å². The first-order chi connectivity index (χ1) is 9.84. The molecular weight excluding hydrogens is 345 g/mol. The van der Waals surface area contributed by atoms with Crippen molar-refractivity contribution in [2.24, 2.45) is 0 Å². The number of nitrogens with one attached hydrogen (secondary N) is 1. The number of halogens is 4. The highest BCUT2D eigenvalue weighted by molar-refractivity contribution is 7.89. The summed E-state index contributed by atoms with van der Waals surface area (Å²) in [5, 5.41) is 2.98. The molecule has 2 rings (SSSR count). The summed E-state index contributed by atoms with van der Waals surface area (Å²) in [6.07, 6.45) is 0.658. The summed E-state index contributed by atoms with van der Waals surface area (Å²) >= 11 is 0. The maximum Gasteiger partial charge on any atom is 0.387 e. The van der Waals surface area contributed by atoms with Gasteiger partial charge in [-0.2, -0.15) is 13.1 Å². The molecule has 1 atom stereocenters. The lowest BCUT2D eigenvalue weighted by Gasteiger charge is -2.17. The lowest BCUT2D eigenvalue weighted by molar-refractivity contribution is -0.0522. The molecule has 1 aromatic carbocycles. The van der Waals surface area contributed by atoms with Gasteiger partial charge in [-0.25, -0.2) is 12.8 Å². The number of alkyl halides is 2. The minimum Gasteiger partial charge on any atom is -0.432 e. The van der Waals surface area contributed by atoms with Gasteiger partial charge in [0, 0.05) is 19.1 Å². The standard InChI is InChI=1S/C12H15F3N2O3S.ClH/c1-16-8-4-5-17(7-8)21(18,19)9-2-3-11(10(13)6-9)20-12(14)15;/h2-3,6,8,12,16H,4-5,7H2,1H3;1H. The molecule has 1 aromatic rings. The Kier molecular flexibility index (Phi) is 6.48. The van der Waals surface area contributed by atoms with Crippen molar-refractivity contribution in [2.75, 3.05) is 20.1 Å². The predicted molar refractivity (Wildman–Crippen MR) is 76.5 cm³/mol. The van der Waals surface area contributed by atoms with Crippen molar-refractivity contribution in [3.8, 4) is 5.75 Å². The molecule has 1 heterocycles. The third kappa shape index (κ3) is 4.03.